The molecule has 1 nitrogen and oxygen atoms in total. The van der Waals surface area contributed by atoms with E-state index in [4.69, 9.17) is 4.74 Å². The minimum atomic E-state index is 0.686. The lowest BCUT2D eigenvalue weighted by Gasteiger charge is -2.23. The summed E-state index contributed by atoms with van der Waals surface area (Å²) in [7, 11) is 0. The van der Waals surface area contributed by atoms with Crippen molar-refractivity contribution >= 4 is 0 Å². The van der Waals surface area contributed by atoms with Crippen molar-refractivity contribution in [3.63, 3.8) is 0 Å². The predicted octanol–water partition coefficient (Wildman–Crippen LogP) is 3.86. The normalized spacial score (nSPS) is 12.6. The average molecular weight is 210 g/mol. The van der Waals surface area contributed by atoms with E-state index in [1.807, 2.05) is 0 Å². The lowest BCUT2D eigenvalue weighted by molar-refractivity contribution is 0.302. The third-order valence-corrected chi connectivity index (χ3v) is 3.37. The molecule has 0 bridgehead atoms. The van der Waals surface area contributed by atoms with E-state index in [-0.39, 0.29) is 0 Å². The Kier molecular flexibility index (Phi) is 2.00. The zero-order valence-corrected chi connectivity index (χ0v) is 9.58. The van der Waals surface area contributed by atoms with Crippen LogP contribution in [0.4, 0.5) is 0 Å². The average Bonchev–Trinajstić information content (AvgIpc) is 2.33. The molecule has 0 saturated heterocycles. The van der Waals surface area contributed by atoms with Gasteiger partial charge in [-0.2, -0.15) is 0 Å². The minimum absolute atomic E-state index is 0.686. The van der Waals surface area contributed by atoms with E-state index < -0.39 is 0 Å². The van der Waals surface area contributed by atoms with Crippen LogP contribution < -0.4 is 4.74 Å². The molecule has 1 aliphatic heterocycles. The smallest absolute Gasteiger partial charge is 0.127 e. The summed E-state index contributed by atoms with van der Waals surface area (Å²) in [6.07, 6.45) is 0. The summed E-state index contributed by atoms with van der Waals surface area (Å²) in [6.45, 7) is 5.00. The number of benzene rings is 2. The first-order valence-electron chi connectivity index (χ1n) is 5.58. The molecule has 80 valence electrons. The van der Waals surface area contributed by atoms with Crippen LogP contribution in [0, 0.1) is 13.8 Å². The van der Waals surface area contributed by atoms with Crippen molar-refractivity contribution in [1.29, 1.82) is 0 Å². The summed E-state index contributed by atoms with van der Waals surface area (Å²) in [5, 5.41) is 0. The van der Waals surface area contributed by atoms with Crippen LogP contribution in [-0.4, -0.2) is 0 Å². The number of ether oxygens (including phenoxy) is 1. The summed E-state index contributed by atoms with van der Waals surface area (Å²) < 4.78 is 5.79. The lowest BCUT2D eigenvalue weighted by Crippen LogP contribution is -2.06. The van der Waals surface area contributed by atoms with E-state index >= 15 is 0 Å². The first kappa shape index (κ1) is 9.46. The fourth-order valence-electron chi connectivity index (χ4n) is 2.29. The first-order valence-corrected chi connectivity index (χ1v) is 5.58. The van der Waals surface area contributed by atoms with Gasteiger partial charge in [0, 0.05) is 5.56 Å². The minimum Gasteiger partial charge on any atom is -0.488 e. The molecule has 1 heteroatoms. The van der Waals surface area contributed by atoms with Crippen molar-refractivity contribution in [2.45, 2.75) is 20.5 Å². The fraction of sp³-hybridized carbons (Fsp3) is 0.200. The van der Waals surface area contributed by atoms with Crippen molar-refractivity contribution in [1.82, 2.24) is 0 Å². The maximum Gasteiger partial charge on any atom is 0.127 e. The van der Waals surface area contributed by atoms with Crippen molar-refractivity contribution in [3.8, 4) is 16.9 Å². The third kappa shape index (κ3) is 1.25. The van der Waals surface area contributed by atoms with Gasteiger partial charge in [0.25, 0.3) is 0 Å². The molecular weight excluding hydrogens is 196 g/mol. The summed E-state index contributed by atoms with van der Waals surface area (Å²) in [4.78, 5) is 0. The van der Waals surface area contributed by atoms with Gasteiger partial charge in [0.15, 0.2) is 0 Å². The highest BCUT2D eigenvalue weighted by atomic mass is 16.5. The molecule has 0 saturated carbocycles. The quantitative estimate of drug-likeness (QED) is 0.641. The van der Waals surface area contributed by atoms with Crippen molar-refractivity contribution in [2.24, 2.45) is 0 Å². The molecule has 0 atom stereocenters. The van der Waals surface area contributed by atoms with E-state index in [0.717, 1.165) is 5.75 Å². The van der Waals surface area contributed by atoms with Gasteiger partial charge in [-0.1, -0.05) is 30.3 Å². The van der Waals surface area contributed by atoms with Gasteiger partial charge in [0.1, 0.15) is 12.4 Å². The Labute approximate surface area is 95.7 Å². The van der Waals surface area contributed by atoms with Crippen LogP contribution >= 0.6 is 0 Å². The third-order valence-electron chi connectivity index (χ3n) is 3.37. The second kappa shape index (κ2) is 3.38. The number of hydrogen-bond donors (Lipinski definition) is 0. The summed E-state index contributed by atoms with van der Waals surface area (Å²) in [6, 6.07) is 12.7. The van der Waals surface area contributed by atoms with Crippen molar-refractivity contribution in [2.75, 3.05) is 0 Å². The van der Waals surface area contributed by atoms with Gasteiger partial charge in [0.05, 0.1) is 0 Å². The van der Waals surface area contributed by atoms with Crippen LogP contribution in [-0.2, 0) is 6.61 Å². The molecule has 1 aliphatic rings. The topological polar surface area (TPSA) is 9.23 Å². The number of fused-ring (bicyclic) bond motifs is 3. The Hall–Kier alpha value is -1.76. The van der Waals surface area contributed by atoms with Gasteiger partial charge < -0.3 is 4.74 Å². The molecule has 0 unspecified atom stereocenters. The van der Waals surface area contributed by atoms with E-state index in [1.165, 1.54) is 27.8 Å². The number of rotatable bonds is 0. The molecular formula is C15H14O. The van der Waals surface area contributed by atoms with E-state index in [2.05, 4.69) is 50.2 Å². The van der Waals surface area contributed by atoms with E-state index in [9.17, 15) is 0 Å². The summed E-state index contributed by atoms with van der Waals surface area (Å²) in [5.41, 5.74) is 6.51. The molecule has 0 N–H and O–H groups in total. The first-order chi connectivity index (χ1) is 7.77. The van der Waals surface area contributed by atoms with Gasteiger partial charge in [-0.05, 0) is 42.2 Å². The highest BCUT2D eigenvalue weighted by Gasteiger charge is 2.18. The summed E-state index contributed by atoms with van der Waals surface area (Å²) in [5.74, 6) is 1.02. The predicted molar refractivity (Wildman–Crippen MR) is 65.7 cm³/mol. The van der Waals surface area contributed by atoms with Gasteiger partial charge in [-0.25, -0.2) is 0 Å². The Morgan fingerprint density at radius 2 is 1.81 bits per heavy atom. The van der Waals surface area contributed by atoms with Crippen LogP contribution in [0.1, 0.15) is 16.7 Å². The molecule has 1 heterocycles. The molecule has 0 aromatic heterocycles. The highest BCUT2D eigenvalue weighted by molar-refractivity contribution is 5.78. The van der Waals surface area contributed by atoms with E-state index in [1.54, 1.807) is 0 Å². The van der Waals surface area contributed by atoms with Crippen LogP contribution in [0.3, 0.4) is 0 Å². The number of hydrogen-bond acceptors (Lipinski definition) is 1. The van der Waals surface area contributed by atoms with Gasteiger partial charge in [0.2, 0.25) is 0 Å². The molecule has 16 heavy (non-hydrogen) atoms. The van der Waals surface area contributed by atoms with Gasteiger partial charge >= 0.3 is 0 Å². The molecule has 0 radical (unpaired) electrons. The second-order valence-corrected chi connectivity index (χ2v) is 4.33. The Bertz CT molecular complexity index is 555. The molecule has 2 aromatic carbocycles. The molecule has 2 aromatic rings. The zero-order valence-electron chi connectivity index (χ0n) is 9.58. The monoisotopic (exact) mass is 210 g/mol. The molecule has 0 aliphatic carbocycles. The second-order valence-electron chi connectivity index (χ2n) is 4.33. The van der Waals surface area contributed by atoms with Gasteiger partial charge in [-0.15, -0.1) is 0 Å². The Morgan fingerprint density at radius 3 is 2.69 bits per heavy atom. The van der Waals surface area contributed by atoms with Crippen molar-refractivity contribution < 1.29 is 4.74 Å². The molecule has 0 spiro atoms. The fourth-order valence-corrected chi connectivity index (χ4v) is 2.29. The van der Waals surface area contributed by atoms with Crippen LogP contribution in [0.25, 0.3) is 11.1 Å². The lowest BCUT2D eigenvalue weighted by atomic mass is 9.91. The molecule has 3 rings (SSSR count). The van der Waals surface area contributed by atoms with Crippen LogP contribution in [0.15, 0.2) is 36.4 Å². The van der Waals surface area contributed by atoms with Crippen LogP contribution in [0.2, 0.25) is 0 Å². The maximum absolute atomic E-state index is 5.79. The van der Waals surface area contributed by atoms with Crippen LogP contribution in [0.5, 0.6) is 5.75 Å². The Morgan fingerprint density at radius 1 is 1.00 bits per heavy atom. The highest BCUT2D eigenvalue weighted by Crippen LogP contribution is 2.40. The van der Waals surface area contributed by atoms with Gasteiger partial charge in [-0.3, -0.25) is 0 Å². The SMILES string of the molecule is Cc1ccc2c(c1C)-c1ccccc1CO2. The maximum atomic E-state index is 5.79. The molecule has 0 amide bonds. The standard InChI is InChI=1S/C15H14O/c1-10-7-8-14-15(11(10)2)13-6-4-3-5-12(13)9-16-14/h3-8H,9H2,1-2H3. The molecule has 0 fully saturated rings. The largest absolute Gasteiger partial charge is 0.488 e. The summed E-state index contributed by atoms with van der Waals surface area (Å²) >= 11 is 0. The van der Waals surface area contributed by atoms with Crippen molar-refractivity contribution in [3.05, 3.63) is 53.1 Å². The zero-order chi connectivity index (χ0) is 11.1. The van der Waals surface area contributed by atoms with E-state index in [0.29, 0.717) is 6.61 Å². The Balaban J connectivity index is 2.34. The number of aryl methyl sites for hydroxylation is 1.